The van der Waals surface area contributed by atoms with Crippen LogP contribution in [-0.2, 0) is 11.3 Å². The maximum absolute atomic E-state index is 12.6. The molecule has 0 bridgehead atoms. The van der Waals surface area contributed by atoms with E-state index in [1.165, 1.54) is 0 Å². The van der Waals surface area contributed by atoms with Crippen LogP contribution < -0.4 is 5.32 Å². The second kappa shape index (κ2) is 8.98. The lowest BCUT2D eigenvalue weighted by Crippen LogP contribution is -2.47. The second-order valence-electron chi connectivity index (χ2n) is 7.46. The molecule has 2 aliphatic heterocycles. The van der Waals surface area contributed by atoms with Crippen molar-refractivity contribution >= 4 is 11.8 Å². The fourth-order valence-electron chi connectivity index (χ4n) is 3.23. The van der Waals surface area contributed by atoms with Gasteiger partial charge in [-0.05, 0) is 24.7 Å². The summed E-state index contributed by atoms with van der Waals surface area (Å²) in [7, 11) is 2.07. The SMILES string of the molecule is C#CCCC1(CCC(=O)NCc2ccc(C(=O)N3CCN(C)CC3)cc2)N=N1. The first-order valence-electron chi connectivity index (χ1n) is 9.72. The Hall–Kier alpha value is -2.72. The van der Waals surface area contributed by atoms with E-state index in [9.17, 15) is 9.59 Å². The molecule has 1 aromatic rings. The van der Waals surface area contributed by atoms with Crippen LogP contribution in [0, 0.1) is 12.3 Å². The maximum atomic E-state index is 12.6. The number of likely N-dealkylation sites (N-methyl/N-ethyl adjacent to an activating group) is 1. The summed E-state index contributed by atoms with van der Waals surface area (Å²) in [6.45, 7) is 3.76. The number of benzene rings is 1. The van der Waals surface area contributed by atoms with E-state index in [0.717, 1.165) is 31.7 Å². The Morgan fingerprint density at radius 1 is 1.14 bits per heavy atom. The van der Waals surface area contributed by atoms with Gasteiger partial charge in [-0.25, -0.2) is 0 Å². The van der Waals surface area contributed by atoms with Gasteiger partial charge >= 0.3 is 0 Å². The van der Waals surface area contributed by atoms with Crippen LogP contribution in [-0.4, -0.2) is 60.5 Å². The largest absolute Gasteiger partial charge is 0.352 e. The average molecular weight is 381 g/mol. The highest BCUT2D eigenvalue weighted by Gasteiger charge is 2.39. The summed E-state index contributed by atoms with van der Waals surface area (Å²) in [6, 6.07) is 7.45. The van der Waals surface area contributed by atoms with Gasteiger partial charge in [0.15, 0.2) is 5.66 Å². The van der Waals surface area contributed by atoms with Gasteiger partial charge in [-0.15, -0.1) is 12.3 Å². The van der Waals surface area contributed by atoms with Crippen molar-refractivity contribution in [1.82, 2.24) is 15.1 Å². The lowest BCUT2D eigenvalue weighted by molar-refractivity contribution is -0.121. The fraction of sp³-hybridized carbons (Fsp3) is 0.524. The summed E-state index contributed by atoms with van der Waals surface area (Å²) in [5, 5.41) is 11.0. The summed E-state index contributed by atoms with van der Waals surface area (Å²) >= 11 is 0. The molecule has 3 rings (SSSR count). The van der Waals surface area contributed by atoms with E-state index in [1.807, 2.05) is 29.2 Å². The molecule has 0 atom stereocenters. The molecule has 0 radical (unpaired) electrons. The van der Waals surface area contributed by atoms with Gasteiger partial charge in [-0.1, -0.05) is 12.1 Å². The van der Waals surface area contributed by atoms with E-state index in [4.69, 9.17) is 6.42 Å². The molecule has 7 nitrogen and oxygen atoms in total. The minimum Gasteiger partial charge on any atom is -0.352 e. The predicted octanol–water partition coefficient (Wildman–Crippen LogP) is 2.05. The van der Waals surface area contributed by atoms with Gasteiger partial charge < -0.3 is 15.1 Å². The molecule has 28 heavy (non-hydrogen) atoms. The number of amides is 2. The molecule has 0 aliphatic carbocycles. The molecule has 0 saturated carbocycles. The minimum atomic E-state index is -0.422. The number of rotatable bonds is 8. The van der Waals surface area contributed by atoms with Crippen LogP contribution in [0.3, 0.4) is 0 Å². The lowest BCUT2D eigenvalue weighted by Gasteiger charge is -2.32. The lowest BCUT2D eigenvalue weighted by atomic mass is 10.0. The third-order valence-corrected chi connectivity index (χ3v) is 5.29. The topological polar surface area (TPSA) is 77.4 Å². The zero-order valence-electron chi connectivity index (χ0n) is 16.4. The predicted molar refractivity (Wildman–Crippen MR) is 107 cm³/mol. The summed E-state index contributed by atoms with van der Waals surface area (Å²) < 4.78 is 0. The van der Waals surface area contributed by atoms with Crippen molar-refractivity contribution < 1.29 is 9.59 Å². The normalized spacial score (nSPS) is 17.8. The smallest absolute Gasteiger partial charge is 0.253 e. The number of terminal acetylenes is 1. The molecule has 2 amide bonds. The van der Waals surface area contributed by atoms with Gasteiger partial charge in [-0.3, -0.25) is 9.59 Å². The van der Waals surface area contributed by atoms with E-state index in [2.05, 4.69) is 33.4 Å². The zero-order valence-corrected chi connectivity index (χ0v) is 16.4. The summed E-state index contributed by atoms with van der Waals surface area (Å²) in [5.41, 5.74) is 1.23. The number of hydrogen-bond acceptors (Lipinski definition) is 5. The van der Waals surface area contributed by atoms with Crippen molar-refractivity contribution in [3.63, 3.8) is 0 Å². The second-order valence-corrected chi connectivity index (χ2v) is 7.46. The first-order chi connectivity index (χ1) is 13.5. The highest BCUT2D eigenvalue weighted by Crippen LogP contribution is 2.37. The molecule has 2 aliphatic rings. The van der Waals surface area contributed by atoms with E-state index in [0.29, 0.717) is 37.8 Å². The fourth-order valence-corrected chi connectivity index (χ4v) is 3.23. The Bertz CT molecular complexity index is 767. The number of carbonyl (C=O) groups excluding carboxylic acids is 2. The molecule has 1 fully saturated rings. The molecular formula is C21H27N5O2. The van der Waals surface area contributed by atoms with E-state index >= 15 is 0 Å². The number of nitrogens with one attached hydrogen (secondary N) is 1. The Morgan fingerprint density at radius 2 is 1.82 bits per heavy atom. The standard InChI is InChI=1S/C21H27N5O2/c1-3-4-10-21(23-24-21)11-9-19(27)22-16-17-5-7-18(8-6-17)20(28)26-14-12-25(2)13-15-26/h1,5-8H,4,9-16H2,2H3,(H,22,27). The Labute approximate surface area is 166 Å². The summed E-state index contributed by atoms with van der Waals surface area (Å²) in [6.07, 6.45) is 7.57. The molecule has 0 unspecified atom stereocenters. The van der Waals surface area contributed by atoms with E-state index < -0.39 is 5.66 Å². The zero-order chi connectivity index (χ0) is 20.0. The Kier molecular flexibility index (Phi) is 6.42. The van der Waals surface area contributed by atoms with Gasteiger partial charge in [0.1, 0.15) is 0 Å². The van der Waals surface area contributed by atoms with Crippen molar-refractivity contribution in [3.05, 3.63) is 35.4 Å². The van der Waals surface area contributed by atoms with Crippen LogP contribution in [0.15, 0.2) is 34.5 Å². The first kappa shape index (κ1) is 20.0. The highest BCUT2D eigenvalue weighted by atomic mass is 16.2. The highest BCUT2D eigenvalue weighted by molar-refractivity contribution is 5.94. The summed E-state index contributed by atoms with van der Waals surface area (Å²) in [4.78, 5) is 28.7. The van der Waals surface area contributed by atoms with Crippen molar-refractivity contribution in [2.45, 2.75) is 37.9 Å². The molecule has 0 aromatic heterocycles. The maximum Gasteiger partial charge on any atom is 0.253 e. The van der Waals surface area contributed by atoms with Crippen LogP contribution in [0.5, 0.6) is 0 Å². The molecule has 7 heteroatoms. The Balaban J connectivity index is 1.41. The third kappa shape index (κ3) is 5.40. The van der Waals surface area contributed by atoms with Gasteiger partial charge in [0, 0.05) is 64.0 Å². The number of carbonyl (C=O) groups is 2. The molecule has 2 heterocycles. The van der Waals surface area contributed by atoms with Gasteiger partial charge in [0.05, 0.1) is 0 Å². The first-order valence-corrected chi connectivity index (χ1v) is 9.72. The minimum absolute atomic E-state index is 0.0324. The average Bonchev–Trinajstić information content (AvgIpc) is 3.50. The van der Waals surface area contributed by atoms with Crippen LogP contribution in [0.2, 0.25) is 0 Å². The number of piperazine rings is 1. The van der Waals surface area contributed by atoms with Crippen molar-refractivity contribution in [1.29, 1.82) is 0 Å². The Morgan fingerprint density at radius 3 is 2.43 bits per heavy atom. The van der Waals surface area contributed by atoms with Crippen LogP contribution in [0.1, 0.15) is 41.6 Å². The molecule has 1 saturated heterocycles. The quantitative estimate of drug-likeness (QED) is 0.700. The van der Waals surface area contributed by atoms with Gasteiger partial charge in [-0.2, -0.15) is 10.2 Å². The number of hydrogen-bond donors (Lipinski definition) is 1. The molecule has 148 valence electrons. The van der Waals surface area contributed by atoms with E-state index in [-0.39, 0.29) is 11.8 Å². The van der Waals surface area contributed by atoms with Crippen LogP contribution >= 0.6 is 0 Å². The number of nitrogens with zero attached hydrogens (tertiary/aromatic N) is 4. The molecule has 1 N–H and O–H groups in total. The van der Waals surface area contributed by atoms with E-state index in [1.54, 1.807) is 0 Å². The van der Waals surface area contributed by atoms with Gasteiger partial charge in [0.2, 0.25) is 5.91 Å². The van der Waals surface area contributed by atoms with Crippen LogP contribution in [0.4, 0.5) is 0 Å². The molecule has 1 aromatic carbocycles. The van der Waals surface area contributed by atoms with Crippen molar-refractivity contribution in [2.75, 3.05) is 33.2 Å². The van der Waals surface area contributed by atoms with Crippen molar-refractivity contribution in [3.8, 4) is 12.3 Å². The van der Waals surface area contributed by atoms with Gasteiger partial charge in [0.25, 0.3) is 5.91 Å². The molecular weight excluding hydrogens is 354 g/mol. The van der Waals surface area contributed by atoms with Crippen LogP contribution in [0.25, 0.3) is 0 Å². The molecule has 0 spiro atoms. The third-order valence-electron chi connectivity index (χ3n) is 5.29. The summed E-state index contributed by atoms with van der Waals surface area (Å²) in [5.74, 6) is 2.62. The van der Waals surface area contributed by atoms with Crippen molar-refractivity contribution in [2.24, 2.45) is 10.2 Å². The monoisotopic (exact) mass is 381 g/mol.